The van der Waals surface area contributed by atoms with Gasteiger partial charge in [-0.3, -0.25) is 4.79 Å². The lowest BCUT2D eigenvalue weighted by Gasteiger charge is -2.37. The molecule has 0 N–H and O–H groups in total. The predicted octanol–water partition coefficient (Wildman–Crippen LogP) is 5.42. The molecule has 2 aromatic rings. The summed E-state index contributed by atoms with van der Waals surface area (Å²) in [4.78, 5) is 25.0. The molecule has 6 nitrogen and oxygen atoms in total. The molecule has 1 saturated heterocycles. The maximum atomic E-state index is 13.4. The number of aromatic nitrogens is 3. The molecule has 3 heterocycles. The second-order valence-corrected chi connectivity index (χ2v) is 8.97. The van der Waals surface area contributed by atoms with Crippen LogP contribution in [-0.4, -0.2) is 32.5 Å². The van der Waals surface area contributed by atoms with E-state index in [4.69, 9.17) is 9.51 Å². The van der Waals surface area contributed by atoms with Gasteiger partial charge in [0.1, 0.15) is 5.82 Å². The van der Waals surface area contributed by atoms with Crippen molar-refractivity contribution in [3.8, 4) is 11.3 Å². The lowest BCUT2D eigenvalue weighted by molar-refractivity contribution is -0.136. The van der Waals surface area contributed by atoms with Crippen LogP contribution < -0.4 is 0 Å². The zero-order valence-electron chi connectivity index (χ0n) is 18.4. The van der Waals surface area contributed by atoms with Crippen LogP contribution in [0.2, 0.25) is 0 Å². The van der Waals surface area contributed by atoms with E-state index in [0.717, 1.165) is 61.4 Å². The van der Waals surface area contributed by atoms with E-state index in [1.165, 1.54) is 32.1 Å². The molecule has 6 heteroatoms. The molecule has 1 atom stereocenters. The molecule has 0 bridgehead atoms. The molecular weight excluding hydrogens is 376 g/mol. The summed E-state index contributed by atoms with van der Waals surface area (Å²) in [5.74, 6) is 2.38. The quantitative estimate of drug-likeness (QED) is 0.636. The molecule has 0 radical (unpaired) electrons. The standard InChI is InChI=1S/C24H34N4O2/c1-3-9-22-25-16-19(21-14-17(2)27-30-21)24(26-22)20-12-7-8-13-28(20)23(29)15-18-10-5-4-6-11-18/h14,16,18,20H,3-13,15H2,1-2H3/t20-/m0/s1. The highest BCUT2D eigenvalue weighted by molar-refractivity contribution is 5.77. The van der Waals surface area contributed by atoms with E-state index < -0.39 is 0 Å². The summed E-state index contributed by atoms with van der Waals surface area (Å²) < 4.78 is 5.57. The average molecular weight is 411 g/mol. The third-order valence-corrected chi connectivity index (χ3v) is 6.56. The topological polar surface area (TPSA) is 72.1 Å². The van der Waals surface area contributed by atoms with Gasteiger partial charge < -0.3 is 9.42 Å². The van der Waals surface area contributed by atoms with Gasteiger partial charge in [0.15, 0.2) is 5.76 Å². The van der Waals surface area contributed by atoms with Crippen LogP contribution in [-0.2, 0) is 11.2 Å². The van der Waals surface area contributed by atoms with Crippen molar-refractivity contribution in [1.82, 2.24) is 20.0 Å². The average Bonchev–Trinajstić information content (AvgIpc) is 3.21. The smallest absolute Gasteiger partial charge is 0.223 e. The Bertz CT molecular complexity index is 857. The first kappa shape index (κ1) is 21.0. The molecule has 1 saturated carbocycles. The van der Waals surface area contributed by atoms with Crippen molar-refractivity contribution >= 4 is 5.91 Å². The molecular formula is C24H34N4O2. The fraction of sp³-hybridized carbons (Fsp3) is 0.667. The van der Waals surface area contributed by atoms with E-state index in [9.17, 15) is 4.79 Å². The number of hydrogen-bond donors (Lipinski definition) is 0. The molecule has 1 amide bonds. The van der Waals surface area contributed by atoms with Crippen LogP contribution in [0, 0.1) is 12.8 Å². The highest BCUT2D eigenvalue weighted by Crippen LogP contribution is 2.37. The number of likely N-dealkylation sites (tertiary alicyclic amines) is 1. The van der Waals surface area contributed by atoms with Crippen LogP contribution >= 0.6 is 0 Å². The van der Waals surface area contributed by atoms with Gasteiger partial charge in [-0.25, -0.2) is 9.97 Å². The van der Waals surface area contributed by atoms with Crippen LogP contribution in [0.15, 0.2) is 16.8 Å². The molecule has 0 aromatic carbocycles. The van der Waals surface area contributed by atoms with E-state index in [1.54, 1.807) is 0 Å². The van der Waals surface area contributed by atoms with Crippen molar-refractivity contribution in [2.75, 3.05) is 6.54 Å². The molecule has 2 fully saturated rings. The van der Waals surface area contributed by atoms with Gasteiger partial charge in [0, 0.05) is 31.6 Å². The second kappa shape index (κ2) is 9.71. The van der Waals surface area contributed by atoms with Gasteiger partial charge in [-0.2, -0.15) is 0 Å². The Labute approximate surface area is 179 Å². The van der Waals surface area contributed by atoms with E-state index in [0.29, 0.717) is 24.0 Å². The van der Waals surface area contributed by atoms with E-state index in [2.05, 4.69) is 22.0 Å². The Kier molecular flexibility index (Phi) is 6.80. The number of aryl methyl sites for hydroxylation is 2. The number of carbonyl (C=O) groups is 1. The Morgan fingerprint density at radius 3 is 2.70 bits per heavy atom. The van der Waals surface area contributed by atoms with E-state index in [1.807, 2.05) is 19.2 Å². The van der Waals surface area contributed by atoms with Crippen LogP contribution in [0.1, 0.15) is 94.4 Å². The van der Waals surface area contributed by atoms with Gasteiger partial charge in [0.2, 0.25) is 5.91 Å². The van der Waals surface area contributed by atoms with Crippen molar-refractivity contribution in [2.45, 2.75) is 90.5 Å². The van der Waals surface area contributed by atoms with Gasteiger partial charge in [-0.15, -0.1) is 0 Å². The SMILES string of the molecule is CCCc1ncc(-c2cc(C)no2)c([C@@H]2CCCCN2C(=O)CC2CCCCC2)n1. The van der Waals surface area contributed by atoms with Crippen LogP contribution in [0.5, 0.6) is 0 Å². The highest BCUT2D eigenvalue weighted by atomic mass is 16.5. The van der Waals surface area contributed by atoms with Crippen molar-refractivity contribution in [3.63, 3.8) is 0 Å². The van der Waals surface area contributed by atoms with Gasteiger partial charge in [0.25, 0.3) is 0 Å². The lowest BCUT2D eigenvalue weighted by Crippen LogP contribution is -2.40. The summed E-state index contributed by atoms with van der Waals surface area (Å²) in [5.41, 5.74) is 2.64. The maximum Gasteiger partial charge on any atom is 0.223 e. The van der Waals surface area contributed by atoms with Crippen molar-refractivity contribution < 1.29 is 9.32 Å². The highest BCUT2D eigenvalue weighted by Gasteiger charge is 2.33. The van der Waals surface area contributed by atoms with Gasteiger partial charge in [-0.05, 0) is 51.4 Å². The molecule has 0 spiro atoms. The number of rotatable bonds is 6. The summed E-state index contributed by atoms with van der Waals surface area (Å²) in [7, 11) is 0. The van der Waals surface area contributed by atoms with Crippen molar-refractivity contribution in [2.24, 2.45) is 5.92 Å². The number of nitrogens with zero attached hydrogens (tertiary/aromatic N) is 4. The number of amides is 1. The minimum atomic E-state index is -0.00569. The molecule has 4 rings (SSSR count). The molecule has 2 aliphatic rings. The number of carbonyl (C=O) groups excluding carboxylic acids is 1. The summed E-state index contributed by atoms with van der Waals surface area (Å²) in [6, 6.07) is 1.92. The second-order valence-electron chi connectivity index (χ2n) is 8.97. The first-order valence-corrected chi connectivity index (χ1v) is 11.7. The van der Waals surface area contributed by atoms with Crippen LogP contribution in [0.3, 0.4) is 0 Å². The minimum absolute atomic E-state index is 0.00569. The molecule has 162 valence electrons. The van der Waals surface area contributed by atoms with Crippen molar-refractivity contribution in [1.29, 1.82) is 0 Å². The Balaban J connectivity index is 1.64. The first-order valence-electron chi connectivity index (χ1n) is 11.7. The van der Waals surface area contributed by atoms with Gasteiger partial charge >= 0.3 is 0 Å². The van der Waals surface area contributed by atoms with Crippen molar-refractivity contribution in [3.05, 3.63) is 29.5 Å². The van der Waals surface area contributed by atoms with Gasteiger partial charge in [0.05, 0.1) is 23.0 Å². The predicted molar refractivity (Wildman–Crippen MR) is 116 cm³/mol. The van der Waals surface area contributed by atoms with E-state index >= 15 is 0 Å². The summed E-state index contributed by atoms with van der Waals surface area (Å²) in [6.45, 7) is 4.87. The molecule has 2 aromatic heterocycles. The summed E-state index contributed by atoms with van der Waals surface area (Å²) in [5, 5.41) is 4.06. The van der Waals surface area contributed by atoms with Crippen LogP contribution in [0.25, 0.3) is 11.3 Å². The Morgan fingerprint density at radius 1 is 1.17 bits per heavy atom. The molecule has 30 heavy (non-hydrogen) atoms. The van der Waals surface area contributed by atoms with Gasteiger partial charge in [-0.1, -0.05) is 31.3 Å². The summed E-state index contributed by atoms with van der Waals surface area (Å²) in [6.07, 6.45) is 13.7. The molecule has 1 aliphatic heterocycles. The van der Waals surface area contributed by atoms with E-state index in [-0.39, 0.29) is 6.04 Å². The number of hydrogen-bond acceptors (Lipinski definition) is 5. The largest absolute Gasteiger partial charge is 0.356 e. The monoisotopic (exact) mass is 410 g/mol. The zero-order chi connectivity index (χ0) is 20.9. The maximum absolute atomic E-state index is 13.4. The summed E-state index contributed by atoms with van der Waals surface area (Å²) >= 11 is 0. The third-order valence-electron chi connectivity index (χ3n) is 6.56. The first-order chi connectivity index (χ1) is 14.7. The number of piperidine rings is 1. The normalized spacial score (nSPS) is 20.5. The minimum Gasteiger partial charge on any atom is -0.356 e. The lowest BCUT2D eigenvalue weighted by atomic mass is 9.86. The fourth-order valence-corrected chi connectivity index (χ4v) is 4.98. The fourth-order valence-electron chi connectivity index (χ4n) is 4.98. The third kappa shape index (κ3) is 4.73. The molecule has 1 aliphatic carbocycles. The Morgan fingerprint density at radius 2 is 1.97 bits per heavy atom. The Hall–Kier alpha value is -2.24. The molecule has 0 unspecified atom stereocenters. The zero-order valence-corrected chi connectivity index (χ0v) is 18.4. The van der Waals surface area contributed by atoms with Crippen LogP contribution in [0.4, 0.5) is 0 Å².